The van der Waals surface area contributed by atoms with E-state index in [0.29, 0.717) is 18.9 Å². The van der Waals surface area contributed by atoms with Gasteiger partial charge in [-0.3, -0.25) is 9.69 Å². The monoisotopic (exact) mass is 277 g/mol. The van der Waals surface area contributed by atoms with Gasteiger partial charge in [0.2, 0.25) is 0 Å². The first-order valence-corrected chi connectivity index (χ1v) is 7.22. The van der Waals surface area contributed by atoms with Crippen molar-refractivity contribution in [2.45, 2.75) is 26.3 Å². The Labute approximate surface area is 120 Å². The fraction of sp³-hybridized carbons (Fsp3) is 0.562. The fourth-order valence-corrected chi connectivity index (χ4v) is 2.71. The van der Waals surface area contributed by atoms with Crippen molar-refractivity contribution in [3.63, 3.8) is 0 Å². The predicted molar refractivity (Wildman–Crippen MR) is 77.6 cm³/mol. The van der Waals surface area contributed by atoms with Crippen LogP contribution in [0, 0.1) is 5.92 Å². The quantitative estimate of drug-likeness (QED) is 0.749. The highest BCUT2D eigenvalue weighted by Gasteiger charge is 2.25. The van der Waals surface area contributed by atoms with Crippen LogP contribution in [0.4, 0.5) is 0 Å². The molecule has 20 heavy (non-hydrogen) atoms. The van der Waals surface area contributed by atoms with Gasteiger partial charge in [0.1, 0.15) is 5.75 Å². The van der Waals surface area contributed by atoms with Gasteiger partial charge in [-0.15, -0.1) is 0 Å². The Morgan fingerprint density at radius 1 is 1.45 bits per heavy atom. The predicted octanol–water partition coefficient (Wildman–Crippen LogP) is 2.47. The van der Waals surface area contributed by atoms with Gasteiger partial charge in [0, 0.05) is 19.5 Å². The molecule has 1 aliphatic rings. The van der Waals surface area contributed by atoms with Crippen molar-refractivity contribution in [3.8, 4) is 5.75 Å². The molecule has 0 saturated carbocycles. The molecule has 1 unspecified atom stereocenters. The van der Waals surface area contributed by atoms with E-state index in [4.69, 9.17) is 9.47 Å². The number of carbonyl (C=O) groups is 1. The van der Waals surface area contributed by atoms with E-state index >= 15 is 0 Å². The number of rotatable bonds is 6. The second kappa shape index (κ2) is 7.29. The van der Waals surface area contributed by atoms with Gasteiger partial charge >= 0.3 is 5.97 Å². The summed E-state index contributed by atoms with van der Waals surface area (Å²) in [6.45, 7) is 5.24. The van der Waals surface area contributed by atoms with Crippen molar-refractivity contribution >= 4 is 5.97 Å². The van der Waals surface area contributed by atoms with Gasteiger partial charge in [0.25, 0.3) is 0 Å². The summed E-state index contributed by atoms with van der Waals surface area (Å²) in [7, 11) is 1.68. The first-order chi connectivity index (χ1) is 9.71. The highest BCUT2D eigenvalue weighted by atomic mass is 16.5. The van der Waals surface area contributed by atoms with E-state index in [9.17, 15) is 4.79 Å². The van der Waals surface area contributed by atoms with E-state index in [2.05, 4.69) is 17.0 Å². The molecule has 0 aromatic heterocycles. The number of ether oxygens (including phenoxy) is 2. The first-order valence-electron chi connectivity index (χ1n) is 7.22. The summed E-state index contributed by atoms with van der Waals surface area (Å²) >= 11 is 0. The topological polar surface area (TPSA) is 38.8 Å². The maximum atomic E-state index is 11.5. The second-order valence-corrected chi connectivity index (χ2v) is 5.25. The van der Waals surface area contributed by atoms with Crippen molar-refractivity contribution in [3.05, 3.63) is 29.8 Å². The summed E-state index contributed by atoms with van der Waals surface area (Å²) in [4.78, 5) is 13.9. The molecule has 0 amide bonds. The van der Waals surface area contributed by atoms with Gasteiger partial charge in [0.15, 0.2) is 0 Å². The maximum absolute atomic E-state index is 11.5. The Morgan fingerprint density at radius 3 is 3.05 bits per heavy atom. The van der Waals surface area contributed by atoms with E-state index in [0.717, 1.165) is 31.8 Å². The van der Waals surface area contributed by atoms with E-state index in [1.165, 1.54) is 5.56 Å². The van der Waals surface area contributed by atoms with Crippen LogP contribution in [0.1, 0.15) is 25.3 Å². The zero-order chi connectivity index (χ0) is 14.4. The fourth-order valence-electron chi connectivity index (χ4n) is 2.71. The molecular formula is C16H23NO3. The standard InChI is InChI=1S/C16H23NO3/c1-3-20-16(18)10-14-7-8-17(12-14)11-13-5-4-6-15(9-13)19-2/h4-6,9,14H,3,7-8,10-12H2,1-2H3. The molecule has 0 spiro atoms. The summed E-state index contributed by atoms with van der Waals surface area (Å²) in [5, 5.41) is 0. The molecule has 1 aliphatic heterocycles. The number of hydrogen-bond donors (Lipinski definition) is 0. The molecule has 1 aromatic carbocycles. The third kappa shape index (κ3) is 4.23. The van der Waals surface area contributed by atoms with Crippen molar-refractivity contribution in [2.24, 2.45) is 5.92 Å². The van der Waals surface area contributed by atoms with Gasteiger partial charge in [-0.05, 0) is 43.5 Å². The number of likely N-dealkylation sites (tertiary alicyclic amines) is 1. The number of carbonyl (C=O) groups excluding carboxylic acids is 1. The van der Waals surface area contributed by atoms with Crippen LogP contribution in [0.3, 0.4) is 0 Å². The first kappa shape index (κ1) is 14.9. The zero-order valence-electron chi connectivity index (χ0n) is 12.3. The average molecular weight is 277 g/mol. The van der Waals surface area contributed by atoms with Gasteiger partial charge in [-0.1, -0.05) is 12.1 Å². The Bertz CT molecular complexity index is 447. The van der Waals surface area contributed by atoms with Crippen LogP contribution < -0.4 is 4.74 Å². The highest BCUT2D eigenvalue weighted by molar-refractivity contribution is 5.69. The Kier molecular flexibility index (Phi) is 5.41. The summed E-state index contributed by atoms with van der Waals surface area (Å²) in [5.74, 6) is 1.25. The van der Waals surface area contributed by atoms with Crippen LogP contribution in [-0.2, 0) is 16.1 Å². The smallest absolute Gasteiger partial charge is 0.306 e. The number of methoxy groups -OCH3 is 1. The molecule has 1 heterocycles. The molecule has 0 radical (unpaired) electrons. The molecule has 2 rings (SSSR count). The molecule has 0 N–H and O–H groups in total. The summed E-state index contributed by atoms with van der Waals surface area (Å²) in [6.07, 6.45) is 1.62. The minimum Gasteiger partial charge on any atom is -0.497 e. The molecular weight excluding hydrogens is 254 g/mol. The van der Waals surface area contributed by atoms with Gasteiger partial charge in [-0.25, -0.2) is 0 Å². The third-order valence-electron chi connectivity index (χ3n) is 3.67. The van der Waals surface area contributed by atoms with E-state index in [1.54, 1.807) is 7.11 Å². The molecule has 1 saturated heterocycles. The highest BCUT2D eigenvalue weighted by Crippen LogP contribution is 2.23. The Morgan fingerprint density at radius 2 is 2.30 bits per heavy atom. The second-order valence-electron chi connectivity index (χ2n) is 5.25. The van der Waals surface area contributed by atoms with E-state index in [-0.39, 0.29) is 5.97 Å². The van der Waals surface area contributed by atoms with Crippen molar-refractivity contribution in [2.75, 3.05) is 26.8 Å². The molecule has 1 fully saturated rings. The van der Waals surface area contributed by atoms with Crippen LogP contribution in [-0.4, -0.2) is 37.7 Å². The molecule has 1 aromatic rings. The summed E-state index contributed by atoms with van der Waals surface area (Å²) < 4.78 is 10.3. The SMILES string of the molecule is CCOC(=O)CC1CCN(Cc2cccc(OC)c2)C1. The number of esters is 1. The van der Waals surface area contributed by atoms with Crippen LogP contribution in [0.2, 0.25) is 0 Å². The maximum Gasteiger partial charge on any atom is 0.306 e. The lowest BCUT2D eigenvalue weighted by atomic mass is 10.1. The molecule has 110 valence electrons. The molecule has 1 atom stereocenters. The number of hydrogen-bond acceptors (Lipinski definition) is 4. The molecule has 4 nitrogen and oxygen atoms in total. The van der Waals surface area contributed by atoms with Gasteiger partial charge < -0.3 is 9.47 Å². The van der Waals surface area contributed by atoms with Crippen molar-refractivity contribution in [1.29, 1.82) is 0 Å². The Balaban J connectivity index is 1.82. The largest absolute Gasteiger partial charge is 0.497 e. The van der Waals surface area contributed by atoms with E-state index in [1.807, 2.05) is 19.1 Å². The van der Waals surface area contributed by atoms with Crippen molar-refractivity contribution < 1.29 is 14.3 Å². The summed E-state index contributed by atoms with van der Waals surface area (Å²) in [6, 6.07) is 8.15. The zero-order valence-corrected chi connectivity index (χ0v) is 12.3. The van der Waals surface area contributed by atoms with Crippen LogP contribution in [0.25, 0.3) is 0 Å². The lowest BCUT2D eigenvalue weighted by Gasteiger charge is -2.16. The van der Waals surface area contributed by atoms with Crippen LogP contribution in [0.5, 0.6) is 5.75 Å². The van der Waals surface area contributed by atoms with Gasteiger partial charge in [0.05, 0.1) is 13.7 Å². The van der Waals surface area contributed by atoms with Crippen LogP contribution >= 0.6 is 0 Å². The lowest BCUT2D eigenvalue weighted by molar-refractivity contribution is -0.144. The Hall–Kier alpha value is -1.55. The average Bonchev–Trinajstić information content (AvgIpc) is 2.86. The minimum atomic E-state index is -0.0688. The minimum absolute atomic E-state index is 0.0688. The van der Waals surface area contributed by atoms with Gasteiger partial charge in [-0.2, -0.15) is 0 Å². The number of nitrogens with zero attached hydrogens (tertiary/aromatic N) is 1. The third-order valence-corrected chi connectivity index (χ3v) is 3.67. The number of benzene rings is 1. The molecule has 0 bridgehead atoms. The van der Waals surface area contributed by atoms with Crippen LogP contribution in [0.15, 0.2) is 24.3 Å². The summed E-state index contributed by atoms with van der Waals surface area (Å²) in [5.41, 5.74) is 1.25. The van der Waals surface area contributed by atoms with E-state index < -0.39 is 0 Å². The van der Waals surface area contributed by atoms with Crippen molar-refractivity contribution in [1.82, 2.24) is 4.90 Å². The lowest BCUT2D eigenvalue weighted by Crippen LogP contribution is -2.21. The molecule has 4 heteroatoms. The normalized spacial score (nSPS) is 19.0. The molecule has 0 aliphatic carbocycles.